The summed E-state index contributed by atoms with van der Waals surface area (Å²) in [6.07, 6.45) is -2.84. The number of nitro groups is 1. The quantitative estimate of drug-likeness (QED) is 0.367. The molecule has 0 spiro atoms. The topological polar surface area (TPSA) is 60.2 Å². The fourth-order valence-electron chi connectivity index (χ4n) is 1.15. The predicted octanol–water partition coefficient (Wildman–Crippen LogP) is 3.34. The van der Waals surface area contributed by atoms with Crippen LogP contribution in [0.5, 0.6) is 0 Å². The summed E-state index contributed by atoms with van der Waals surface area (Å²) in [6.45, 7) is 1.18. The molecule has 86 valence electrons. The molecule has 0 fully saturated rings. The molecule has 7 heteroatoms. The van der Waals surface area contributed by atoms with E-state index in [-0.39, 0.29) is 9.13 Å². The number of nitro benzene ring substituents is 1. The maximum atomic E-state index is 12.4. The maximum Gasteiger partial charge on any atom is 0.283 e. The summed E-state index contributed by atoms with van der Waals surface area (Å²) in [7, 11) is 0. The molecule has 0 aliphatic heterocycles. The molecule has 0 atom stereocenters. The molecule has 0 heterocycles. The Labute approximate surface area is 103 Å². The Balaban J connectivity index is 3.51. The minimum absolute atomic E-state index is 0.0508. The van der Waals surface area contributed by atoms with Crippen LogP contribution in [0.3, 0.4) is 0 Å². The number of carbonyl (C=O) groups excluding carboxylic acids is 1. The van der Waals surface area contributed by atoms with E-state index >= 15 is 0 Å². The van der Waals surface area contributed by atoms with Gasteiger partial charge in [-0.3, -0.25) is 14.9 Å². The maximum absolute atomic E-state index is 12.4. The van der Waals surface area contributed by atoms with E-state index in [4.69, 9.17) is 0 Å². The summed E-state index contributed by atoms with van der Waals surface area (Å²) < 4.78 is 25.0. The number of alkyl halides is 2. The molecule has 16 heavy (non-hydrogen) atoms. The molecule has 0 saturated carbocycles. The summed E-state index contributed by atoms with van der Waals surface area (Å²) in [5.41, 5.74) is -1.04. The fraction of sp³-hybridized carbons (Fsp3) is 0.222. The van der Waals surface area contributed by atoms with Crippen molar-refractivity contribution >= 4 is 34.1 Å². The number of hydrogen-bond acceptors (Lipinski definition) is 3. The normalized spacial score (nSPS) is 10.6. The van der Waals surface area contributed by atoms with Crippen molar-refractivity contribution in [1.29, 1.82) is 0 Å². The summed E-state index contributed by atoms with van der Waals surface area (Å²) in [5, 5.41) is 10.6. The van der Waals surface area contributed by atoms with Crippen LogP contribution in [-0.2, 0) is 0 Å². The van der Waals surface area contributed by atoms with Gasteiger partial charge in [-0.05, 0) is 35.6 Å². The van der Waals surface area contributed by atoms with Crippen molar-refractivity contribution < 1.29 is 18.5 Å². The van der Waals surface area contributed by atoms with Crippen LogP contribution in [0.2, 0.25) is 0 Å². The molecular formula is C9H6F2INO3. The summed E-state index contributed by atoms with van der Waals surface area (Å²) in [4.78, 5) is 21.0. The second-order valence-corrected chi connectivity index (χ2v) is 4.09. The van der Waals surface area contributed by atoms with Gasteiger partial charge in [-0.1, -0.05) is 0 Å². The van der Waals surface area contributed by atoms with Crippen LogP contribution in [0.15, 0.2) is 12.1 Å². The minimum Gasteiger partial charge on any atom is -0.294 e. The number of ketones is 1. The highest BCUT2D eigenvalue weighted by Crippen LogP contribution is 2.31. The summed E-state index contributed by atoms with van der Waals surface area (Å²) in [5.74, 6) is -0.477. The molecule has 0 amide bonds. The second-order valence-electron chi connectivity index (χ2n) is 3.02. The van der Waals surface area contributed by atoms with E-state index in [1.54, 1.807) is 22.6 Å². The molecule has 4 nitrogen and oxygen atoms in total. The van der Waals surface area contributed by atoms with Crippen LogP contribution in [-0.4, -0.2) is 10.7 Å². The van der Waals surface area contributed by atoms with E-state index in [9.17, 15) is 23.7 Å². The lowest BCUT2D eigenvalue weighted by Gasteiger charge is -2.05. The Kier molecular flexibility index (Phi) is 3.89. The van der Waals surface area contributed by atoms with Crippen LogP contribution in [0.4, 0.5) is 14.5 Å². The average molecular weight is 341 g/mol. The highest BCUT2D eigenvalue weighted by Gasteiger charge is 2.22. The van der Waals surface area contributed by atoms with Crippen LogP contribution in [0, 0.1) is 13.7 Å². The SMILES string of the molecule is CC(=O)c1cc(C(F)F)cc([N+](=O)[O-])c1I. The Morgan fingerprint density at radius 3 is 2.44 bits per heavy atom. The molecule has 0 N–H and O–H groups in total. The van der Waals surface area contributed by atoms with E-state index in [2.05, 4.69) is 0 Å². The molecule has 0 aromatic heterocycles. The van der Waals surface area contributed by atoms with Crippen LogP contribution in [0.1, 0.15) is 29.3 Å². The molecule has 1 aromatic carbocycles. The fourth-order valence-corrected chi connectivity index (χ4v) is 2.03. The van der Waals surface area contributed by atoms with E-state index in [1.807, 2.05) is 0 Å². The zero-order valence-electron chi connectivity index (χ0n) is 8.04. The third kappa shape index (κ3) is 2.52. The predicted molar refractivity (Wildman–Crippen MR) is 60.8 cm³/mol. The summed E-state index contributed by atoms with van der Waals surface area (Å²) >= 11 is 1.60. The number of hydrogen-bond donors (Lipinski definition) is 0. The minimum atomic E-state index is -2.84. The van der Waals surface area contributed by atoms with Gasteiger partial charge in [0.1, 0.15) is 3.57 Å². The number of nitrogens with zero attached hydrogens (tertiary/aromatic N) is 1. The van der Waals surface area contributed by atoms with Crippen molar-refractivity contribution in [2.24, 2.45) is 0 Å². The third-order valence-electron chi connectivity index (χ3n) is 1.90. The standard InChI is InChI=1S/C9H6F2INO3/c1-4(14)6-2-5(9(10)11)3-7(8(6)12)13(15)16/h2-3,9H,1H3. The molecule has 0 radical (unpaired) electrons. The van der Waals surface area contributed by atoms with E-state index in [1.165, 1.54) is 6.92 Å². The number of Topliss-reactive ketones (excluding diaryl/α,β-unsaturated/α-hetero) is 1. The molecule has 0 aliphatic rings. The smallest absolute Gasteiger partial charge is 0.283 e. The number of rotatable bonds is 3. The number of benzene rings is 1. The molecule has 0 aliphatic carbocycles. The number of carbonyl (C=O) groups is 1. The van der Waals surface area contributed by atoms with E-state index < -0.39 is 28.4 Å². The zero-order valence-corrected chi connectivity index (χ0v) is 10.2. The third-order valence-corrected chi connectivity index (χ3v) is 3.04. The van der Waals surface area contributed by atoms with Crippen molar-refractivity contribution in [2.75, 3.05) is 0 Å². The molecular weight excluding hydrogens is 335 g/mol. The Bertz CT molecular complexity index is 427. The first-order valence-corrected chi connectivity index (χ1v) is 5.19. The lowest BCUT2D eigenvalue weighted by Crippen LogP contribution is -2.03. The Morgan fingerprint density at radius 2 is 2.06 bits per heavy atom. The molecule has 1 aromatic rings. The average Bonchev–Trinajstić information content (AvgIpc) is 2.16. The van der Waals surface area contributed by atoms with Crippen molar-refractivity contribution in [2.45, 2.75) is 13.3 Å². The molecule has 1 rings (SSSR count). The monoisotopic (exact) mass is 341 g/mol. The lowest BCUT2D eigenvalue weighted by atomic mass is 10.1. The second kappa shape index (κ2) is 4.81. The number of halogens is 3. The van der Waals surface area contributed by atoms with Gasteiger partial charge in [-0.2, -0.15) is 0 Å². The first-order valence-electron chi connectivity index (χ1n) is 4.11. The van der Waals surface area contributed by atoms with Gasteiger partial charge in [-0.15, -0.1) is 0 Å². The first kappa shape index (κ1) is 12.9. The van der Waals surface area contributed by atoms with Gasteiger partial charge >= 0.3 is 0 Å². The molecule has 0 unspecified atom stereocenters. The van der Waals surface area contributed by atoms with E-state index in [0.29, 0.717) is 0 Å². The van der Waals surface area contributed by atoms with Gasteiger partial charge in [0.2, 0.25) is 0 Å². The Morgan fingerprint density at radius 1 is 1.50 bits per heavy atom. The zero-order chi connectivity index (χ0) is 12.5. The van der Waals surface area contributed by atoms with Crippen LogP contribution in [0.25, 0.3) is 0 Å². The van der Waals surface area contributed by atoms with Crippen LogP contribution >= 0.6 is 22.6 Å². The van der Waals surface area contributed by atoms with Gasteiger partial charge in [0.15, 0.2) is 5.78 Å². The van der Waals surface area contributed by atoms with Crippen molar-refractivity contribution in [3.05, 3.63) is 36.9 Å². The Hall–Kier alpha value is -1.12. The highest BCUT2D eigenvalue weighted by atomic mass is 127. The largest absolute Gasteiger partial charge is 0.294 e. The van der Waals surface area contributed by atoms with Gasteiger partial charge in [0, 0.05) is 17.2 Å². The van der Waals surface area contributed by atoms with Crippen molar-refractivity contribution in [1.82, 2.24) is 0 Å². The van der Waals surface area contributed by atoms with Gasteiger partial charge < -0.3 is 0 Å². The van der Waals surface area contributed by atoms with E-state index in [0.717, 1.165) is 12.1 Å². The lowest BCUT2D eigenvalue weighted by molar-refractivity contribution is -0.385. The summed E-state index contributed by atoms with van der Waals surface area (Å²) in [6, 6.07) is 1.78. The van der Waals surface area contributed by atoms with Crippen LogP contribution < -0.4 is 0 Å². The molecule has 0 saturated heterocycles. The first-order chi connectivity index (χ1) is 7.34. The van der Waals surface area contributed by atoms with Crippen molar-refractivity contribution in [3.63, 3.8) is 0 Å². The van der Waals surface area contributed by atoms with Crippen molar-refractivity contribution in [3.8, 4) is 0 Å². The molecule has 0 bridgehead atoms. The van der Waals surface area contributed by atoms with Gasteiger partial charge in [0.25, 0.3) is 12.1 Å². The van der Waals surface area contributed by atoms with Gasteiger partial charge in [-0.25, -0.2) is 8.78 Å². The van der Waals surface area contributed by atoms with Gasteiger partial charge in [0.05, 0.1) is 4.92 Å². The highest BCUT2D eigenvalue weighted by molar-refractivity contribution is 14.1.